The van der Waals surface area contributed by atoms with Gasteiger partial charge in [-0.05, 0) is 32.3 Å². The molecule has 0 saturated carbocycles. The van der Waals surface area contributed by atoms with E-state index < -0.39 is 17.9 Å². The van der Waals surface area contributed by atoms with Gasteiger partial charge in [0.25, 0.3) is 0 Å². The molecule has 0 radical (unpaired) electrons. The highest BCUT2D eigenvalue weighted by Crippen LogP contribution is 2.26. The van der Waals surface area contributed by atoms with E-state index >= 15 is 0 Å². The van der Waals surface area contributed by atoms with E-state index in [0.717, 1.165) is 11.1 Å². The summed E-state index contributed by atoms with van der Waals surface area (Å²) in [4.78, 5) is 37.3. The van der Waals surface area contributed by atoms with Gasteiger partial charge in [-0.2, -0.15) is 0 Å². The van der Waals surface area contributed by atoms with Crippen LogP contribution in [0.15, 0.2) is 24.3 Å². The van der Waals surface area contributed by atoms with Gasteiger partial charge < -0.3 is 15.3 Å². The van der Waals surface area contributed by atoms with Crippen molar-refractivity contribution in [1.29, 1.82) is 0 Å². The van der Waals surface area contributed by atoms with Gasteiger partial charge in [-0.15, -0.1) is 0 Å². The quantitative estimate of drug-likeness (QED) is 0.856. The number of hydrogen-bond donors (Lipinski definition) is 2. The van der Waals surface area contributed by atoms with E-state index in [2.05, 4.69) is 5.32 Å². The van der Waals surface area contributed by atoms with Gasteiger partial charge in [0, 0.05) is 19.5 Å². The van der Waals surface area contributed by atoms with E-state index in [1.807, 2.05) is 31.2 Å². The van der Waals surface area contributed by atoms with Gasteiger partial charge in [-0.3, -0.25) is 14.4 Å². The number of hydrogen-bond acceptors (Lipinski definition) is 3. The Hall–Kier alpha value is -2.37. The van der Waals surface area contributed by atoms with E-state index in [1.165, 1.54) is 6.92 Å². The number of aryl methyl sites for hydroxylation is 1. The highest BCUT2D eigenvalue weighted by atomic mass is 16.4. The second kappa shape index (κ2) is 8.14. The SMILES string of the molecule is CC(=O)NC(CC(=O)N1CCC[C@@H](C(=O)O)[C@H]1C)c1ccc(C)cc1. The second-order valence-electron chi connectivity index (χ2n) is 6.78. The number of carboxylic acids is 1. The molecule has 6 heteroatoms. The van der Waals surface area contributed by atoms with Crippen LogP contribution in [0.1, 0.15) is 50.3 Å². The molecule has 1 aliphatic heterocycles. The molecule has 136 valence electrons. The normalized spacial score (nSPS) is 21.5. The van der Waals surface area contributed by atoms with Crippen molar-refractivity contribution in [3.63, 3.8) is 0 Å². The number of carboxylic acid groups (broad SMARTS) is 1. The third kappa shape index (κ3) is 4.81. The number of carbonyl (C=O) groups is 3. The van der Waals surface area contributed by atoms with Crippen molar-refractivity contribution in [2.45, 2.75) is 52.1 Å². The molecule has 2 amide bonds. The molecular weight excluding hydrogens is 320 g/mol. The molecule has 1 aliphatic rings. The van der Waals surface area contributed by atoms with Gasteiger partial charge in [-0.1, -0.05) is 29.8 Å². The van der Waals surface area contributed by atoms with Gasteiger partial charge >= 0.3 is 5.97 Å². The van der Waals surface area contributed by atoms with Crippen molar-refractivity contribution in [1.82, 2.24) is 10.2 Å². The summed E-state index contributed by atoms with van der Waals surface area (Å²) in [7, 11) is 0. The Morgan fingerprint density at radius 1 is 1.28 bits per heavy atom. The summed E-state index contributed by atoms with van der Waals surface area (Å²) in [6.45, 7) is 5.75. The maximum Gasteiger partial charge on any atom is 0.308 e. The minimum absolute atomic E-state index is 0.124. The van der Waals surface area contributed by atoms with E-state index in [4.69, 9.17) is 0 Å². The standard InChI is InChI=1S/C19H26N2O4/c1-12-6-8-15(9-7-12)17(20-14(3)22)11-18(23)21-10-4-5-16(13(21)2)19(24)25/h6-9,13,16-17H,4-5,10-11H2,1-3H3,(H,20,22)(H,24,25)/t13-,16-,17?/m1/s1. The average Bonchev–Trinajstić information content (AvgIpc) is 2.54. The molecule has 0 spiro atoms. The summed E-state index contributed by atoms with van der Waals surface area (Å²) < 4.78 is 0. The Morgan fingerprint density at radius 2 is 1.92 bits per heavy atom. The van der Waals surface area contributed by atoms with Gasteiger partial charge in [0.1, 0.15) is 0 Å². The first-order chi connectivity index (χ1) is 11.8. The molecule has 2 N–H and O–H groups in total. The zero-order chi connectivity index (χ0) is 18.6. The van der Waals surface area contributed by atoms with Gasteiger partial charge in [0.15, 0.2) is 0 Å². The smallest absolute Gasteiger partial charge is 0.308 e. The molecule has 1 fully saturated rings. The molecule has 2 rings (SSSR count). The molecule has 0 bridgehead atoms. The first kappa shape index (κ1) is 19.0. The Kier molecular flexibility index (Phi) is 6.17. The summed E-state index contributed by atoms with van der Waals surface area (Å²) in [5.74, 6) is -1.72. The average molecular weight is 346 g/mol. The molecule has 25 heavy (non-hydrogen) atoms. The predicted octanol–water partition coefficient (Wildman–Crippen LogP) is 2.27. The predicted molar refractivity (Wildman–Crippen MR) is 93.9 cm³/mol. The molecular formula is C19H26N2O4. The van der Waals surface area contributed by atoms with Crippen molar-refractivity contribution >= 4 is 17.8 Å². The lowest BCUT2D eigenvalue weighted by molar-refractivity contribution is -0.149. The van der Waals surface area contributed by atoms with E-state index in [-0.39, 0.29) is 24.3 Å². The van der Waals surface area contributed by atoms with E-state index in [0.29, 0.717) is 19.4 Å². The summed E-state index contributed by atoms with van der Waals surface area (Å²) in [5, 5.41) is 12.1. The fraction of sp³-hybridized carbons (Fsp3) is 0.526. The van der Waals surface area contributed by atoms with Gasteiger partial charge in [-0.25, -0.2) is 0 Å². The molecule has 1 aromatic rings. The monoisotopic (exact) mass is 346 g/mol. The summed E-state index contributed by atoms with van der Waals surface area (Å²) in [6, 6.07) is 6.95. The van der Waals surface area contributed by atoms with Gasteiger partial charge in [0.05, 0.1) is 18.4 Å². The van der Waals surface area contributed by atoms with Crippen LogP contribution in [-0.2, 0) is 14.4 Å². The number of aliphatic carboxylic acids is 1. The van der Waals surface area contributed by atoms with E-state index in [9.17, 15) is 19.5 Å². The van der Waals surface area contributed by atoms with Gasteiger partial charge in [0.2, 0.25) is 11.8 Å². The number of amides is 2. The topological polar surface area (TPSA) is 86.7 Å². The molecule has 6 nitrogen and oxygen atoms in total. The Bertz CT molecular complexity index is 641. The lowest BCUT2D eigenvalue weighted by Gasteiger charge is -2.38. The van der Waals surface area contributed by atoms with Crippen molar-refractivity contribution in [2.75, 3.05) is 6.54 Å². The van der Waals surface area contributed by atoms with Crippen molar-refractivity contribution in [3.05, 3.63) is 35.4 Å². The number of nitrogens with zero attached hydrogens (tertiary/aromatic N) is 1. The number of rotatable bonds is 5. The van der Waals surface area contributed by atoms with Crippen LogP contribution in [0.3, 0.4) is 0 Å². The molecule has 3 atom stereocenters. The number of nitrogens with one attached hydrogen (secondary N) is 1. The number of likely N-dealkylation sites (tertiary alicyclic amines) is 1. The Morgan fingerprint density at radius 3 is 2.48 bits per heavy atom. The summed E-state index contributed by atoms with van der Waals surface area (Å²) >= 11 is 0. The summed E-state index contributed by atoms with van der Waals surface area (Å²) in [6.07, 6.45) is 1.40. The molecule has 1 saturated heterocycles. The van der Waals surface area contributed by atoms with Crippen LogP contribution in [0, 0.1) is 12.8 Å². The van der Waals surface area contributed by atoms with Crippen LogP contribution < -0.4 is 5.32 Å². The number of carbonyl (C=O) groups excluding carboxylic acids is 2. The van der Waals surface area contributed by atoms with Crippen LogP contribution in [0.25, 0.3) is 0 Å². The lowest BCUT2D eigenvalue weighted by Crippen LogP contribution is -2.49. The van der Waals surface area contributed by atoms with Crippen molar-refractivity contribution in [2.24, 2.45) is 5.92 Å². The number of benzene rings is 1. The van der Waals surface area contributed by atoms with Crippen LogP contribution in [0.2, 0.25) is 0 Å². The third-order valence-corrected chi connectivity index (χ3v) is 4.86. The Balaban J connectivity index is 2.14. The highest BCUT2D eigenvalue weighted by Gasteiger charge is 2.36. The lowest BCUT2D eigenvalue weighted by atomic mass is 9.89. The fourth-order valence-corrected chi connectivity index (χ4v) is 3.41. The first-order valence-electron chi connectivity index (χ1n) is 8.65. The Labute approximate surface area is 148 Å². The third-order valence-electron chi connectivity index (χ3n) is 4.86. The number of piperidine rings is 1. The van der Waals surface area contributed by atoms with Crippen LogP contribution in [0.5, 0.6) is 0 Å². The van der Waals surface area contributed by atoms with Crippen molar-refractivity contribution in [3.8, 4) is 0 Å². The highest BCUT2D eigenvalue weighted by molar-refractivity contribution is 5.80. The maximum atomic E-state index is 12.8. The molecule has 1 unspecified atom stereocenters. The minimum atomic E-state index is -0.859. The summed E-state index contributed by atoms with van der Waals surface area (Å²) in [5.41, 5.74) is 1.97. The zero-order valence-electron chi connectivity index (χ0n) is 15.0. The molecule has 1 aromatic carbocycles. The minimum Gasteiger partial charge on any atom is -0.481 e. The molecule has 1 heterocycles. The molecule has 0 aromatic heterocycles. The van der Waals surface area contributed by atoms with Crippen LogP contribution >= 0.6 is 0 Å². The van der Waals surface area contributed by atoms with Crippen LogP contribution in [0.4, 0.5) is 0 Å². The fourth-order valence-electron chi connectivity index (χ4n) is 3.41. The molecule has 0 aliphatic carbocycles. The maximum absolute atomic E-state index is 12.8. The van der Waals surface area contributed by atoms with Crippen molar-refractivity contribution < 1.29 is 19.5 Å². The van der Waals surface area contributed by atoms with E-state index in [1.54, 1.807) is 11.8 Å². The second-order valence-corrected chi connectivity index (χ2v) is 6.78. The zero-order valence-corrected chi connectivity index (χ0v) is 15.0. The van der Waals surface area contributed by atoms with Crippen LogP contribution in [-0.4, -0.2) is 40.4 Å². The largest absolute Gasteiger partial charge is 0.481 e. The first-order valence-corrected chi connectivity index (χ1v) is 8.65.